The smallest absolute Gasteiger partial charge is 0.336 e. The molecule has 1 atom stereocenters. The third kappa shape index (κ3) is 2.07. The summed E-state index contributed by atoms with van der Waals surface area (Å²) in [6.45, 7) is 8.71. The first-order chi connectivity index (χ1) is 9.29. The highest BCUT2D eigenvalue weighted by Gasteiger charge is 2.42. The number of nitrogens with one attached hydrogen (secondary N) is 1. The molecule has 0 bridgehead atoms. The zero-order valence-electron chi connectivity index (χ0n) is 12.3. The van der Waals surface area contributed by atoms with E-state index in [-0.39, 0.29) is 17.3 Å². The van der Waals surface area contributed by atoms with Crippen LogP contribution in [0.2, 0.25) is 0 Å². The van der Waals surface area contributed by atoms with Gasteiger partial charge in [0.2, 0.25) is 0 Å². The SMILES string of the molecule is CC1=C(C(=O)O)C(C2=NCCN2)=CC(C)(C(C)C)C1=O. The molecule has 0 aromatic heterocycles. The van der Waals surface area contributed by atoms with Crippen molar-refractivity contribution in [2.24, 2.45) is 16.3 Å². The highest BCUT2D eigenvalue weighted by Crippen LogP contribution is 2.40. The number of allylic oxidation sites excluding steroid dienone is 2. The Balaban J connectivity index is 2.63. The molecule has 0 aromatic carbocycles. The van der Waals surface area contributed by atoms with E-state index in [1.54, 1.807) is 13.0 Å². The van der Waals surface area contributed by atoms with Gasteiger partial charge >= 0.3 is 5.97 Å². The van der Waals surface area contributed by atoms with Gasteiger partial charge in [-0.1, -0.05) is 19.9 Å². The van der Waals surface area contributed by atoms with E-state index in [0.717, 1.165) is 0 Å². The van der Waals surface area contributed by atoms with E-state index in [1.165, 1.54) is 0 Å². The Labute approximate surface area is 118 Å². The topological polar surface area (TPSA) is 78.8 Å². The number of carbonyl (C=O) groups excluding carboxylic acids is 1. The van der Waals surface area contributed by atoms with Gasteiger partial charge in [0.05, 0.1) is 17.5 Å². The Morgan fingerprint density at radius 1 is 1.50 bits per heavy atom. The molecular formula is C15H20N2O3. The number of carboxylic acids is 1. The average molecular weight is 276 g/mol. The Bertz CT molecular complexity index is 570. The number of Topliss-reactive ketones (excluding diaryl/α,β-unsaturated/α-hetero) is 1. The van der Waals surface area contributed by atoms with E-state index in [1.807, 2.05) is 20.8 Å². The van der Waals surface area contributed by atoms with Gasteiger partial charge in [-0.15, -0.1) is 0 Å². The molecule has 2 rings (SSSR count). The first-order valence-electron chi connectivity index (χ1n) is 6.80. The summed E-state index contributed by atoms with van der Waals surface area (Å²) in [5.74, 6) is -0.532. The van der Waals surface area contributed by atoms with Gasteiger partial charge in [-0.25, -0.2) is 4.79 Å². The van der Waals surface area contributed by atoms with Crippen molar-refractivity contribution in [2.45, 2.75) is 27.7 Å². The van der Waals surface area contributed by atoms with Crippen LogP contribution in [-0.4, -0.2) is 35.8 Å². The van der Waals surface area contributed by atoms with Crippen LogP contribution < -0.4 is 5.32 Å². The molecule has 0 radical (unpaired) electrons. The molecule has 5 nitrogen and oxygen atoms in total. The number of hydrogen-bond donors (Lipinski definition) is 2. The zero-order chi connectivity index (χ0) is 15.1. The fraction of sp³-hybridized carbons (Fsp3) is 0.533. The quantitative estimate of drug-likeness (QED) is 0.820. The van der Waals surface area contributed by atoms with Gasteiger partial charge < -0.3 is 10.4 Å². The van der Waals surface area contributed by atoms with Crippen LogP contribution in [0, 0.1) is 11.3 Å². The molecule has 1 unspecified atom stereocenters. The van der Waals surface area contributed by atoms with Crippen LogP contribution in [0.5, 0.6) is 0 Å². The molecule has 2 N–H and O–H groups in total. The summed E-state index contributed by atoms with van der Waals surface area (Å²) in [4.78, 5) is 28.4. The molecule has 0 fully saturated rings. The molecule has 5 heteroatoms. The van der Waals surface area contributed by atoms with Crippen molar-refractivity contribution < 1.29 is 14.7 Å². The average Bonchev–Trinajstić information content (AvgIpc) is 2.88. The summed E-state index contributed by atoms with van der Waals surface area (Å²) in [6, 6.07) is 0. The van der Waals surface area contributed by atoms with Crippen LogP contribution in [0.4, 0.5) is 0 Å². The van der Waals surface area contributed by atoms with Crippen LogP contribution in [-0.2, 0) is 9.59 Å². The minimum absolute atomic E-state index is 0.0706. The van der Waals surface area contributed by atoms with Crippen LogP contribution in [0.3, 0.4) is 0 Å². The maximum Gasteiger partial charge on any atom is 0.336 e. The standard InChI is InChI=1S/C15H20N2O3/c1-8(2)15(4)7-10(13-16-5-6-17-13)11(14(19)20)9(3)12(15)18/h7-8H,5-6H2,1-4H3,(H,16,17)(H,19,20). The van der Waals surface area contributed by atoms with Crippen LogP contribution in [0.25, 0.3) is 0 Å². The van der Waals surface area contributed by atoms with Gasteiger partial charge in [-0.2, -0.15) is 0 Å². The van der Waals surface area contributed by atoms with Gasteiger partial charge in [0.25, 0.3) is 0 Å². The maximum atomic E-state index is 12.5. The van der Waals surface area contributed by atoms with Crippen molar-refractivity contribution in [3.8, 4) is 0 Å². The summed E-state index contributed by atoms with van der Waals surface area (Å²) in [5, 5.41) is 12.5. The number of rotatable bonds is 3. The first kappa shape index (κ1) is 14.5. The monoisotopic (exact) mass is 276 g/mol. The molecule has 0 amide bonds. The number of hydrogen-bond acceptors (Lipinski definition) is 4. The van der Waals surface area contributed by atoms with Crippen molar-refractivity contribution in [3.63, 3.8) is 0 Å². The van der Waals surface area contributed by atoms with Gasteiger partial charge in [-0.05, 0) is 19.8 Å². The van der Waals surface area contributed by atoms with Crippen molar-refractivity contribution in [1.29, 1.82) is 0 Å². The summed E-state index contributed by atoms with van der Waals surface area (Å²) in [6.07, 6.45) is 1.77. The van der Waals surface area contributed by atoms with Crippen LogP contribution in [0.15, 0.2) is 27.8 Å². The molecule has 0 saturated carbocycles. The number of amidine groups is 1. The fourth-order valence-corrected chi connectivity index (χ4v) is 2.63. The number of ketones is 1. The summed E-state index contributed by atoms with van der Waals surface area (Å²) in [5.41, 5.74) is 0.234. The van der Waals surface area contributed by atoms with Crippen LogP contribution >= 0.6 is 0 Å². The summed E-state index contributed by atoms with van der Waals surface area (Å²) in [7, 11) is 0. The second kappa shape index (κ2) is 4.89. The maximum absolute atomic E-state index is 12.5. The Hall–Kier alpha value is -1.91. The molecular weight excluding hydrogens is 256 g/mol. The number of carbonyl (C=O) groups is 2. The normalized spacial score (nSPS) is 26.6. The molecule has 0 saturated heterocycles. The van der Waals surface area contributed by atoms with E-state index in [0.29, 0.717) is 30.1 Å². The van der Waals surface area contributed by atoms with Crippen molar-refractivity contribution in [3.05, 3.63) is 22.8 Å². The van der Waals surface area contributed by atoms with Crippen LogP contribution in [0.1, 0.15) is 27.7 Å². The third-order valence-electron chi connectivity index (χ3n) is 4.26. The highest BCUT2D eigenvalue weighted by atomic mass is 16.4. The number of carboxylic acid groups (broad SMARTS) is 1. The van der Waals surface area contributed by atoms with Gasteiger partial charge in [-0.3, -0.25) is 9.79 Å². The van der Waals surface area contributed by atoms with Crippen molar-refractivity contribution in [2.75, 3.05) is 13.1 Å². The molecule has 20 heavy (non-hydrogen) atoms. The van der Waals surface area contributed by atoms with Crippen molar-refractivity contribution in [1.82, 2.24) is 5.32 Å². The number of nitrogens with zero attached hydrogens (tertiary/aromatic N) is 1. The minimum Gasteiger partial charge on any atom is -0.478 e. The van der Waals surface area contributed by atoms with E-state index >= 15 is 0 Å². The molecule has 0 spiro atoms. The number of aliphatic imine (C=N–C) groups is 1. The van der Waals surface area contributed by atoms with Crippen molar-refractivity contribution >= 4 is 17.6 Å². The Morgan fingerprint density at radius 3 is 2.60 bits per heavy atom. The largest absolute Gasteiger partial charge is 0.478 e. The molecule has 1 heterocycles. The lowest BCUT2D eigenvalue weighted by Gasteiger charge is -2.34. The zero-order valence-corrected chi connectivity index (χ0v) is 12.3. The lowest BCUT2D eigenvalue weighted by atomic mass is 9.67. The van der Waals surface area contributed by atoms with Gasteiger partial charge in [0, 0.05) is 17.7 Å². The second-order valence-electron chi connectivity index (χ2n) is 5.79. The Morgan fingerprint density at radius 2 is 2.15 bits per heavy atom. The fourth-order valence-electron chi connectivity index (χ4n) is 2.63. The molecule has 1 aliphatic carbocycles. The Kier molecular flexibility index (Phi) is 3.54. The molecule has 1 aliphatic heterocycles. The van der Waals surface area contributed by atoms with E-state index in [4.69, 9.17) is 0 Å². The summed E-state index contributed by atoms with van der Waals surface area (Å²) >= 11 is 0. The molecule has 0 aromatic rings. The lowest BCUT2D eigenvalue weighted by Crippen LogP contribution is -2.39. The first-order valence-corrected chi connectivity index (χ1v) is 6.80. The molecule has 2 aliphatic rings. The number of aliphatic carboxylic acids is 1. The predicted molar refractivity (Wildman–Crippen MR) is 76.7 cm³/mol. The highest BCUT2D eigenvalue weighted by molar-refractivity contribution is 6.19. The van der Waals surface area contributed by atoms with Gasteiger partial charge in [0.1, 0.15) is 5.84 Å². The lowest BCUT2D eigenvalue weighted by molar-refractivity contribution is -0.133. The summed E-state index contributed by atoms with van der Waals surface area (Å²) < 4.78 is 0. The van der Waals surface area contributed by atoms with E-state index < -0.39 is 11.4 Å². The predicted octanol–water partition coefficient (Wildman–Crippen LogP) is 1.56. The third-order valence-corrected chi connectivity index (χ3v) is 4.26. The molecule has 108 valence electrons. The second-order valence-corrected chi connectivity index (χ2v) is 5.79. The minimum atomic E-state index is -1.08. The van der Waals surface area contributed by atoms with Gasteiger partial charge in [0.15, 0.2) is 5.78 Å². The van der Waals surface area contributed by atoms with E-state index in [9.17, 15) is 14.7 Å². The van der Waals surface area contributed by atoms with E-state index in [2.05, 4.69) is 10.3 Å².